The fourth-order valence-electron chi connectivity index (χ4n) is 3.79. The highest BCUT2D eigenvalue weighted by molar-refractivity contribution is 5.86. The molecule has 0 aliphatic heterocycles. The first-order valence-corrected chi connectivity index (χ1v) is 9.23. The quantitative estimate of drug-likeness (QED) is 0.479. The molecule has 30 heavy (non-hydrogen) atoms. The number of ether oxygens (including phenoxy) is 1. The van der Waals surface area contributed by atoms with E-state index in [1.165, 1.54) is 4.57 Å². The van der Waals surface area contributed by atoms with Crippen LogP contribution in [0.15, 0.2) is 64.2 Å². The van der Waals surface area contributed by atoms with Crippen LogP contribution in [0.5, 0.6) is 5.75 Å². The Morgan fingerprint density at radius 2 is 1.73 bits per heavy atom. The summed E-state index contributed by atoms with van der Waals surface area (Å²) in [6.07, 6.45) is 0. The lowest BCUT2D eigenvalue weighted by Gasteiger charge is -2.13. The summed E-state index contributed by atoms with van der Waals surface area (Å²) in [6.45, 7) is 0. The molecule has 0 spiro atoms. The van der Waals surface area contributed by atoms with Crippen molar-refractivity contribution in [1.29, 1.82) is 0 Å². The van der Waals surface area contributed by atoms with E-state index in [1.807, 2.05) is 59.2 Å². The molecule has 3 N–H and O–H groups in total. The number of methoxy groups -OCH3 is 1. The monoisotopic (exact) mass is 402 g/mol. The highest BCUT2D eigenvalue weighted by Crippen LogP contribution is 2.37. The van der Waals surface area contributed by atoms with Crippen molar-refractivity contribution >= 4 is 22.8 Å². The van der Waals surface area contributed by atoms with Crippen LogP contribution in [0.3, 0.4) is 0 Å². The van der Waals surface area contributed by atoms with Gasteiger partial charge < -0.3 is 10.5 Å². The number of nitrogen functional groups attached to an aromatic ring is 1. The predicted octanol–water partition coefficient (Wildman–Crippen LogP) is 1.92. The van der Waals surface area contributed by atoms with Crippen LogP contribution in [0.1, 0.15) is 0 Å². The van der Waals surface area contributed by atoms with Crippen LogP contribution in [0, 0.1) is 0 Å². The number of nitrogens with zero attached hydrogens (tertiary/aromatic N) is 4. The van der Waals surface area contributed by atoms with Gasteiger partial charge in [-0.1, -0.05) is 42.5 Å². The Balaban J connectivity index is 2.04. The van der Waals surface area contributed by atoms with Crippen molar-refractivity contribution in [3.05, 3.63) is 75.4 Å². The Hall–Kier alpha value is -4.27. The largest absolute Gasteiger partial charge is 0.495 e. The standard InChI is InChI=1S/C21H18N6O3/c1-25-18-16(19(28)24-21(25)29)27-17(22)15(12-8-4-3-5-9-12)26(20(27)23-18)13-10-6-7-11-14(13)30-2/h3-11H,22H2,1-2H3,(H,24,28,29). The molecule has 0 amide bonds. The third kappa shape index (κ3) is 2.32. The number of para-hydroxylation sites is 2. The van der Waals surface area contributed by atoms with Gasteiger partial charge in [-0.15, -0.1) is 0 Å². The number of anilines is 1. The lowest BCUT2D eigenvalue weighted by Crippen LogP contribution is -2.28. The fourth-order valence-corrected chi connectivity index (χ4v) is 3.79. The van der Waals surface area contributed by atoms with Crippen LogP contribution < -0.4 is 21.7 Å². The molecule has 5 aromatic rings. The minimum absolute atomic E-state index is 0.204. The minimum atomic E-state index is -0.552. The lowest BCUT2D eigenvalue weighted by atomic mass is 10.1. The smallest absolute Gasteiger partial charge is 0.329 e. The van der Waals surface area contributed by atoms with E-state index >= 15 is 0 Å². The van der Waals surface area contributed by atoms with E-state index in [2.05, 4.69) is 9.97 Å². The maximum atomic E-state index is 12.7. The normalized spacial score (nSPS) is 11.4. The van der Waals surface area contributed by atoms with Crippen molar-refractivity contribution < 1.29 is 4.74 Å². The Kier molecular flexibility index (Phi) is 3.78. The topological polar surface area (TPSA) is 112 Å². The molecule has 150 valence electrons. The Bertz CT molecular complexity index is 1540. The van der Waals surface area contributed by atoms with Crippen LogP contribution in [0.25, 0.3) is 33.9 Å². The number of imidazole rings is 2. The number of aromatic nitrogens is 5. The first-order valence-electron chi connectivity index (χ1n) is 9.23. The number of hydrogen-bond donors (Lipinski definition) is 2. The van der Waals surface area contributed by atoms with Gasteiger partial charge in [0, 0.05) is 12.6 Å². The summed E-state index contributed by atoms with van der Waals surface area (Å²) >= 11 is 0. The number of aromatic amines is 1. The minimum Gasteiger partial charge on any atom is -0.495 e. The molecule has 0 unspecified atom stereocenters. The van der Waals surface area contributed by atoms with Crippen molar-refractivity contribution in [2.75, 3.05) is 12.8 Å². The van der Waals surface area contributed by atoms with E-state index in [0.717, 1.165) is 5.56 Å². The molecule has 5 rings (SSSR count). The van der Waals surface area contributed by atoms with Gasteiger partial charge in [0.25, 0.3) is 5.56 Å². The maximum absolute atomic E-state index is 12.7. The molecule has 0 aliphatic carbocycles. The zero-order chi connectivity index (χ0) is 21.0. The van der Waals surface area contributed by atoms with Crippen molar-refractivity contribution in [3.8, 4) is 22.7 Å². The molecule has 3 aromatic heterocycles. The summed E-state index contributed by atoms with van der Waals surface area (Å²) in [6, 6.07) is 17.1. The van der Waals surface area contributed by atoms with Gasteiger partial charge in [-0.25, -0.2) is 4.79 Å². The van der Waals surface area contributed by atoms with E-state index in [4.69, 9.17) is 10.5 Å². The third-order valence-electron chi connectivity index (χ3n) is 5.18. The molecule has 3 heterocycles. The van der Waals surface area contributed by atoms with E-state index in [0.29, 0.717) is 28.7 Å². The van der Waals surface area contributed by atoms with Crippen molar-refractivity contribution in [3.63, 3.8) is 0 Å². The van der Waals surface area contributed by atoms with Crippen molar-refractivity contribution in [2.24, 2.45) is 7.05 Å². The molecule has 2 aromatic carbocycles. The number of hydrogen-bond acceptors (Lipinski definition) is 5. The van der Waals surface area contributed by atoms with E-state index in [1.54, 1.807) is 18.6 Å². The SMILES string of the molecule is COc1ccccc1-n1c(-c2ccccc2)c(N)n2c3c(=O)[nH]c(=O)n(C)c3nc12. The molecule has 9 heteroatoms. The van der Waals surface area contributed by atoms with Gasteiger partial charge in [0.1, 0.15) is 11.6 Å². The number of rotatable bonds is 3. The predicted molar refractivity (Wildman–Crippen MR) is 114 cm³/mol. The second kappa shape index (κ2) is 6.38. The maximum Gasteiger partial charge on any atom is 0.329 e. The van der Waals surface area contributed by atoms with Gasteiger partial charge in [-0.2, -0.15) is 4.98 Å². The van der Waals surface area contributed by atoms with Crippen LogP contribution >= 0.6 is 0 Å². The molecular formula is C21H18N6O3. The number of nitrogens with two attached hydrogens (primary N) is 1. The van der Waals surface area contributed by atoms with Crippen molar-refractivity contribution in [2.45, 2.75) is 0 Å². The van der Waals surface area contributed by atoms with Crippen molar-refractivity contribution in [1.82, 2.24) is 23.5 Å². The summed E-state index contributed by atoms with van der Waals surface area (Å²) in [5, 5.41) is 0. The number of H-pyrrole nitrogens is 1. The molecule has 0 saturated carbocycles. The highest BCUT2D eigenvalue weighted by Gasteiger charge is 2.25. The van der Waals surface area contributed by atoms with Gasteiger partial charge in [-0.05, 0) is 12.1 Å². The van der Waals surface area contributed by atoms with E-state index in [9.17, 15) is 9.59 Å². The molecule has 9 nitrogen and oxygen atoms in total. The summed E-state index contributed by atoms with van der Waals surface area (Å²) < 4.78 is 10.3. The van der Waals surface area contributed by atoms with Crippen LogP contribution in [-0.2, 0) is 7.05 Å². The zero-order valence-electron chi connectivity index (χ0n) is 16.3. The third-order valence-corrected chi connectivity index (χ3v) is 5.18. The number of aryl methyl sites for hydroxylation is 1. The number of fused-ring (bicyclic) bond motifs is 3. The first kappa shape index (κ1) is 17.8. The van der Waals surface area contributed by atoms with Gasteiger partial charge >= 0.3 is 5.69 Å². The van der Waals surface area contributed by atoms with E-state index in [-0.39, 0.29) is 11.2 Å². The van der Waals surface area contributed by atoms with E-state index < -0.39 is 11.2 Å². The second-order valence-electron chi connectivity index (χ2n) is 6.84. The van der Waals surface area contributed by atoms with Gasteiger partial charge in [-0.3, -0.25) is 23.3 Å². The average molecular weight is 402 g/mol. The second-order valence-corrected chi connectivity index (χ2v) is 6.84. The molecule has 0 bridgehead atoms. The highest BCUT2D eigenvalue weighted by atomic mass is 16.5. The zero-order valence-corrected chi connectivity index (χ0v) is 16.3. The lowest BCUT2D eigenvalue weighted by molar-refractivity contribution is 0.413. The average Bonchev–Trinajstić information content (AvgIpc) is 3.28. The van der Waals surface area contributed by atoms with Crippen LogP contribution in [0.2, 0.25) is 0 Å². The Labute approximate surface area is 169 Å². The molecular weight excluding hydrogens is 384 g/mol. The van der Waals surface area contributed by atoms with Gasteiger partial charge in [0.05, 0.1) is 18.5 Å². The molecule has 0 fully saturated rings. The summed E-state index contributed by atoms with van der Waals surface area (Å²) in [5.41, 5.74) is 8.16. The first-order chi connectivity index (χ1) is 14.5. The summed E-state index contributed by atoms with van der Waals surface area (Å²) in [5.74, 6) is 1.34. The van der Waals surface area contributed by atoms with Gasteiger partial charge in [0.15, 0.2) is 11.2 Å². The molecule has 0 radical (unpaired) electrons. The Morgan fingerprint density at radius 1 is 1.03 bits per heavy atom. The summed E-state index contributed by atoms with van der Waals surface area (Å²) in [7, 11) is 3.14. The fraction of sp³-hybridized carbons (Fsp3) is 0.0952. The van der Waals surface area contributed by atoms with Crippen LogP contribution in [-0.4, -0.2) is 30.6 Å². The number of nitrogens with one attached hydrogen (secondary N) is 1. The van der Waals surface area contributed by atoms with Crippen LogP contribution in [0.4, 0.5) is 5.82 Å². The Morgan fingerprint density at radius 3 is 2.47 bits per heavy atom. The van der Waals surface area contributed by atoms with Gasteiger partial charge in [0.2, 0.25) is 5.78 Å². The number of benzene rings is 2. The molecule has 0 atom stereocenters. The molecule has 0 aliphatic rings. The summed E-state index contributed by atoms with van der Waals surface area (Å²) in [4.78, 5) is 31.7. The molecule has 0 saturated heterocycles.